The van der Waals surface area contributed by atoms with Crippen LogP contribution in [0.5, 0.6) is 0 Å². The molecule has 1 saturated heterocycles. The van der Waals surface area contributed by atoms with E-state index in [1.54, 1.807) is 0 Å². The standard InChI is InChI=1S/C13H22N4OS.ClH/c1-2-5-15-12(18)10-4-3-6-17(8-10)9-11-7-16-13(14)19-11;/h7,10H,2-6,8-9H2,1H3,(H2,14,16)(H,15,18);1H. The Morgan fingerprint density at radius 3 is 3.10 bits per heavy atom. The second-order valence-electron chi connectivity index (χ2n) is 5.03. The van der Waals surface area contributed by atoms with Crippen molar-refractivity contribution in [2.45, 2.75) is 32.7 Å². The number of nitrogens with one attached hydrogen (secondary N) is 1. The van der Waals surface area contributed by atoms with Crippen LogP contribution in [-0.2, 0) is 11.3 Å². The molecule has 0 bridgehead atoms. The van der Waals surface area contributed by atoms with Crippen molar-refractivity contribution in [2.24, 2.45) is 5.92 Å². The average Bonchev–Trinajstić information content (AvgIpc) is 2.81. The summed E-state index contributed by atoms with van der Waals surface area (Å²) in [5, 5.41) is 3.61. The molecule has 1 amide bonds. The molecule has 114 valence electrons. The largest absolute Gasteiger partial charge is 0.375 e. The first-order chi connectivity index (χ1) is 9.19. The molecule has 2 rings (SSSR count). The van der Waals surface area contributed by atoms with Crippen molar-refractivity contribution in [1.82, 2.24) is 15.2 Å². The smallest absolute Gasteiger partial charge is 0.224 e. The molecule has 3 N–H and O–H groups in total. The van der Waals surface area contributed by atoms with Gasteiger partial charge in [-0.2, -0.15) is 0 Å². The van der Waals surface area contributed by atoms with Gasteiger partial charge in [-0.1, -0.05) is 6.92 Å². The van der Waals surface area contributed by atoms with Crippen LogP contribution in [0.3, 0.4) is 0 Å². The maximum Gasteiger partial charge on any atom is 0.224 e. The molecule has 0 radical (unpaired) electrons. The van der Waals surface area contributed by atoms with Crippen LogP contribution in [0.15, 0.2) is 6.20 Å². The summed E-state index contributed by atoms with van der Waals surface area (Å²) in [5.74, 6) is 0.334. The third-order valence-corrected chi connectivity index (χ3v) is 4.19. The van der Waals surface area contributed by atoms with Crippen molar-refractivity contribution in [3.8, 4) is 0 Å². The number of piperidine rings is 1. The maximum atomic E-state index is 12.0. The Morgan fingerprint density at radius 2 is 2.45 bits per heavy atom. The summed E-state index contributed by atoms with van der Waals surface area (Å²) in [5.41, 5.74) is 5.64. The van der Waals surface area contributed by atoms with E-state index in [2.05, 4.69) is 22.1 Å². The molecule has 1 aliphatic heterocycles. The van der Waals surface area contributed by atoms with Gasteiger partial charge in [0.25, 0.3) is 0 Å². The van der Waals surface area contributed by atoms with Crippen molar-refractivity contribution < 1.29 is 4.79 Å². The number of carbonyl (C=O) groups excluding carboxylic acids is 1. The summed E-state index contributed by atoms with van der Waals surface area (Å²) in [6.07, 6.45) is 4.90. The second kappa shape index (κ2) is 8.44. The van der Waals surface area contributed by atoms with E-state index in [1.807, 2.05) is 6.20 Å². The topological polar surface area (TPSA) is 71.2 Å². The van der Waals surface area contributed by atoms with Gasteiger partial charge in [-0.3, -0.25) is 9.69 Å². The molecule has 20 heavy (non-hydrogen) atoms. The number of carbonyl (C=O) groups is 1. The van der Waals surface area contributed by atoms with Crippen LogP contribution >= 0.6 is 23.7 Å². The second-order valence-corrected chi connectivity index (χ2v) is 6.18. The van der Waals surface area contributed by atoms with Crippen LogP contribution in [0.2, 0.25) is 0 Å². The van der Waals surface area contributed by atoms with Crippen LogP contribution in [0.4, 0.5) is 5.13 Å². The molecule has 7 heteroatoms. The molecule has 0 aliphatic carbocycles. The zero-order chi connectivity index (χ0) is 13.7. The summed E-state index contributed by atoms with van der Waals surface area (Å²) < 4.78 is 0. The number of likely N-dealkylation sites (tertiary alicyclic amines) is 1. The normalized spacial score (nSPS) is 19.4. The van der Waals surface area contributed by atoms with Crippen LogP contribution in [0.1, 0.15) is 31.1 Å². The van der Waals surface area contributed by atoms with Gasteiger partial charge >= 0.3 is 0 Å². The molecular weight excluding hydrogens is 296 g/mol. The van der Waals surface area contributed by atoms with Gasteiger partial charge in [-0.25, -0.2) is 4.98 Å². The number of hydrogen-bond donors (Lipinski definition) is 2. The summed E-state index contributed by atoms with van der Waals surface area (Å²) in [4.78, 5) is 19.6. The minimum absolute atomic E-state index is 0. The number of nitrogens with two attached hydrogens (primary N) is 1. The number of nitrogen functional groups attached to an aromatic ring is 1. The average molecular weight is 319 g/mol. The molecule has 1 unspecified atom stereocenters. The predicted octanol–water partition coefficient (Wildman–Crippen LogP) is 1.89. The highest BCUT2D eigenvalue weighted by Gasteiger charge is 2.25. The monoisotopic (exact) mass is 318 g/mol. The predicted molar refractivity (Wildman–Crippen MR) is 85.1 cm³/mol. The Morgan fingerprint density at radius 1 is 1.65 bits per heavy atom. The number of aromatic nitrogens is 1. The highest BCUT2D eigenvalue weighted by atomic mass is 35.5. The Bertz CT molecular complexity index is 426. The van der Waals surface area contributed by atoms with E-state index in [4.69, 9.17) is 5.73 Å². The zero-order valence-corrected chi connectivity index (χ0v) is 13.4. The fraction of sp³-hybridized carbons (Fsp3) is 0.692. The lowest BCUT2D eigenvalue weighted by Gasteiger charge is -2.31. The lowest BCUT2D eigenvalue weighted by atomic mass is 9.97. The molecule has 1 atom stereocenters. The Kier molecular flexibility index (Phi) is 7.26. The first-order valence-corrected chi connectivity index (χ1v) is 7.71. The van der Waals surface area contributed by atoms with E-state index >= 15 is 0 Å². The third kappa shape index (κ3) is 4.92. The number of hydrogen-bond acceptors (Lipinski definition) is 5. The molecule has 1 fully saturated rings. The molecule has 0 spiro atoms. The van der Waals surface area contributed by atoms with Gasteiger partial charge < -0.3 is 11.1 Å². The molecule has 2 heterocycles. The molecule has 1 aliphatic rings. The number of thiazole rings is 1. The summed E-state index contributed by atoms with van der Waals surface area (Å²) in [6.45, 7) is 5.59. The van der Waals surface area contributed by atoms with E-state index < -0.39 is 0 Å². The van der Waals surface area contributed by atoms with Crippen molar-refractivity contribution >= 4 is 34.8 Å². The number of nitrogens with zero attached hydrogens (tertiary/aromatic N) is 2. The van der Waals surface area contributed by atoms with Crippen LogP contribution in [-0.4, -0.2) is 35.4 Å². The third-order valence-electron chi connectivity index (χ3n) is 3.38. The minimum atomic E-state index is 0. The molecule has 5 nitrogen and oxygen atoms in total. The van der Waals surface area contributed by atoms with Gasteiger partial charge in [0.2, 0.25) is 5.91 Å². The fourth-order valence-corrected chi connectivity index (χ4v) is 3.15. The van der Waals surface area contributed by atoms with Crippen molar-refractivity contribution in [2.75, 3.05) is 25.4 Å². The SMILES string of the molecule is CCCNC(=O)C1CCCN(Cc2cnc(N)s2)C1.Cl. The van der Waals surface area contributed by atoms with Crippen molar-refractivity contribution in [1.29, 1.82) is 0 Å². The van der Waals surface area contributed by atoms with Gasteiger partial charge in [0.15, 0.2) is 5.13 Å². The maximum absolute atomic E-state index is 12.0. The molecular formula is C13H23ClN4OS. The molecule has 0 saturated carbocycles. The Balaban J connectivity index is 0.00000200. The highest BCUT2D eigenvalue weighted by molar-refractivity contribution is 7.15. The van der Waals surface area contributed by atoms with E-state index in [9.17, 15) is 4.79 Å². The lowest BCUT2D eigenvalue weighted by molar-refractivity contribution is -0.126. The summed E-state index contributed by atoms with van der Waals surface area (Å²) >= 11 is 1.53. The van der Waals surface area contributed by atoms with Gasteiger partial charge in [-0.15, -0.1) is 23.7 Å². The van der Waals surface area contributed by atoms with Gasteiger partial charge in [0, 0.05) is 30.7 Å². The van der Waals surface area contributed by atoms with Gasteiger partial charge in [0.05, 0.1) is 5.92 Å². The van der Waals surface area contributed by atoms with E-state index in [1.165, 1.54) is 16.2 Å². The summed E-state index contributed by atoms with van der Waals surface area (Å²) in [7, 11) is 0. The minimum Gasteiger partial charge on any atom is -0.375 e. The van der Waals surface area contributed by atoms with E-state index in [-0.39, 0.29) is 24.2 Å². The van der Waals surface area contributed by atoms with E-state index in [0.717, 1.165) is 45.4 Å². The van der Waals surface area contributed by atoms with Gasteiger partial charge in [0.1, 0.15) is 0 Å². The zero-order valence-electron chi connectivity index (χ0n) is 11.8. The van der Waals surface area contributed by atoms with Crippen molar-refractivity contribution in [3.05, 3.63) is 11.1 Å². The van der Waals surface area contributed by atoms with Crippen LogP contribution in [0.25, 0.3) is 0 Å². The number of amides is 1. The van der Waals surface area contributed by atoms with Gasteiger partial charge in [-0.05, 0) is 25.8 Å². The number of rotatable bonds is 5. The van der Waals surface area contributed by atoms with Crippen LogP contribution in [0, 0.1) is 5.92 Å². The lowest BCUT2D eigenvalue weighted by Crippen LogP contribution is -2.42. The first kappa shape index (κ1) is 17.2. The van der Waals surface area contributed by atoms with E-state index in [0.29, 0.717) is 5.13 Å². The fourth-order valence-electron chi connectivity index (χ4n) is 2.42. The first-order valence-electron chi connectivity index (χ1n) is 6.89. The van der Waals surface area contributed by atoms with Crippen LogP contribution < -0.4 is 11.1 Å². The molecule has 1 aromatic rings. The van der Waals surface area contributed by atoms with Crippen molar-refractivity contribution in [3.63, 3.8) is 0 Å². The summed E-state index contributed by atoms with van der Waals surface area (Å²) in [6, 6.07) is 0. The quantitative estimate of drug-likeness (QED) is 0.869. The number of anilines is 1. The highest BCUT2D eigenvalue weighted by Crippen LogP contribution is 2.22. The molecule has 1 aromatic heterocycles. The number of halogens is 1. The molecule has 0 aromatic carbocycles. The Hall–Kier alpha value is -0.850. The Labute approximate surface area is 130 Å².